The summed E-state index contributed by atoms with van der Waals surface area (Å²) in [6, 6.07) is 8.44. The Morgan fingerprint density at radius 3 is 2.95 bits per heavy atom. The molecule has 2 N–H and O–H groups in total. The van der Waals surface area contributed by atoms with E-state index in [1.807, 2.05) is 30.0 Å². The lowest BCUT2D eigenvalue weighted by molar-refractivity contribution is 0.115. The zero-order valence-electron chi connectivity index (χ0n) is 12.2. The van der Waals surface area contributed by atoms with E-state index in [-0.39, 0.29) is 12.1 Å². The first-order valence-electron chi connectivity index (χ1n) is 7.34. The van der Waals surface area contributed by atoms with Crippen LogP contribution in [-0.4, -0.2) is 28.5 Å². The largest absolute Gasteiger partial charge is 0.394 e. The number of thioether (sulfide) groups is 1. The Morgan fingerprint density at radius 1 is 1.50 bits per heavy atom. The van der Waals surface area contributed by atoms with Gasteiger partial charge in [-0.15, -0.1) is 11.8 Å². The molecule has 2 unspecified atom stereocenters. The van der Waals surface area contributed by atoms with Gasteiger partial charge in [0.1, 0.15) is 0 Å². The van der Waals surface area contributed by atoms with Crippen molar-refractivity contribution in [2.45, 2.75) is 61.3 Å². The van der Waals surface area contributed by atoms with Crippen molar-refractivity contribution in [2.75, 3.05) is 6.61 Å². The van der Waals surface area contributed by atoms with Crippen LogP contribution >= 0.6 is 23.4 Å². The fourth-order valence-electron chi connectivity index (χ4n) is 3.07. The van der Waals surface area contributed by atoms with E-state index < -0.39 is 0 Å². The Morgan fingerprint density at radius 2 is 2.30 bits per heavy atom. The average Bonchev–Trinajstić information content (AvgIpc) is 2.38. The van der Waals surface area contributed by atoms with Crippen molar-refractivity contribution < 1.29 is 5.11 Å². The summed E-state index contributed by atoms with van der Waals surface area (Å²) in [5.74, 6) is 0. The number of halogens is 1. The lowest BCUT2D eigenvalue weighted by atomic mass is 9.81. The summed E-state index contributed by atoms with van der Waals surface area (Å²) in [6.45, 7) is 4.51. The van der Waals surface area contributed by atoms with Gasteiger partial charge in [0, 0.05) is 26.7 Å². The number of benzene rings is 1. The SMILES string of the molecule is CC(C)NC1(CO)CCCC(Sc2cccc(Cl)c2)C1. The van der Waals surface area contributed by atoms with Crippen LogP contribution in [0.3, 0.4) is 0 Å². The van der Waals surface area contributed by atoms with E-state index >= 15 is 0 Å². The normalized spacial score (nSPS) is 26.9. The van der Waals surface area contributed by atoms with Gasteiger partial charge in [0.25, 0.3) is 0 Å². The highest BCUT2D eigenvalue weighted by atomic mass is 35.5. The molecule has 0 amide bonds. The smallest absolute Gasteiger partial charge is 0.0613 e. The van der Waals surface area contributed by atoms with E-state index in [4.69, 9.17) is 11.6 Å². The first-order valence-corrected chi connectivity index (χ1v) is 8.59. The van der Waals surface area contributed by atoms with Gasteiger partial charge in [0.2, 0.25) is 0 Å². The third-order valence-electron chi connectivity index (χ3n) is 3.80. The van der Waals surface area contributed by atoms with Crippen LogP contribution in [0.2, 0.25) is 5.02 Å². The summed E-state index contributed by atoms with van der Waals surface area (Å²) in [6.07, 6.45) is 4.45. The van der Waals surface area contributed by atoms with Crippen LogP contribution < -0.4 is 5.32 Å². The Labute approximate surface area is 131 Å². The fourth-order valence-corrected chi connectivity index (χ4v) is 4.75. The van der Waals surface area contributed by atoms with Gasteiger partial charge >= 0.3 is 0 Å². The van der Waals surface area contributed by atoms with Crippen molar-refractivity contribution in [2.24, 2.45) is 0 Å². The molecule has 0 aromatic heterocycles. The van der Waals surface area contributed by atoms with Crippen molar-refractivity contribution in [1.82, 2.24) is 5.32 Å². The summed E-state index contributed by atoms with van der Waals surface area (Å²) in [7, 11) is 0. The molecular formula is C16H24ClNOS. The maximum Gasteiger partial charge on any atom is 0.0613 e. The van der Waals surface area contributed by atoms with Crippen LogP contribution in [0.1, 0.15) is 39.5 Å². The maximum absolute atomic E-state index is 9.83. The van der Waals surface area contributed by atoms with Crippen LogP contribution in [0.4, 0.5) is 0 Å². The molecule has 0 aliphatic heterocycles. The van der Waals surface area contributed by atoms with Gasteiger partial charge in [-0.3, -0.25) is 0 Å². The maximum atomic E-state index is 9.83. The predicted molar refractivity (Wildman–Crippen MR) is 87.7 cm³/mol. The van der Waals surface area contributed by atoms with Crippen molar-refractivity contribution in [3.05, 3.63) is 29.3 Å². The van der Waals surface area contributed by atoms with Gasteiger partial charge in [0.05, 0.1) is 6.61 Å². The molecule has 1 aliphatic carbocycles. The molecule has 4 heteroatoms. The van der Waals surface area contributed by atoms with Gasteiger partial charge in [0.15, 0.2) is 0 Å². The van der Waals surface area contributed by atoms with Crippen LogP contribution in [-0.2, 0) is 0 Å². The van der Waals surface area contributed by atoms with Gasteiger partial charge < -0.3 is 10.4 Å². The third-order valence-corrected chi connectivity index (χ3v) is 5.29. The second-order valence-electron chi connectivity index (χ2n) is 6.03. The Bertz CT molecular complexity index is 440. The highest BCUT2D eigenvalue weighted by Crippen LogP contribution is 2.38. The van der Waals surface area contributed by atoms with E-state index in [9.17, 15) is 5.11 Å². The van der Waals surface area contributed by atoms with E-state index in [1.165, 1.54) is 17.7 Å². The molecule has 1 fully saturated rings. The molecule has 2 rings (SSSR count). The molecule has 1 saturated carbocycles. The highest BCUT2D eigenvalue weighted by Gasteiger charge is 2.36. The van der Waals surface area contributed by atoms with Crippen molar-refractivity contribution >= 4 is 23.4 Å². The summed E-state index contributed by atoms with van der Waals surface area (Å²) >= 11 is 7.94. The molecule has 0 bridgehead atoms. The number of hydrogen-bond donors (Lipinski definition) is 2. The first-order chi connectivity index (χ1) is 9.53. The van der Waals surface area contributed by atoms with E-state index in [0.29, 0.717) is 11.3 Å². The Kier molecular flexibility index (Phi) is 5.79. The van der Waals surface area contributed by atoms with Gasteiger partial charge in [-0.25, -0.2) is 0 Å². The topological polar surface area (TPSA) is 32.3 Å². The second-order valence-corrected chi connectivity index (χ2v) is 7.84. The average molecular weight is 314 g/mol. The van der Waals surface area contributed by atoms with E-state index in [0.717, 1.165) is 17.9 Å². The quantitative estimate of drug-likeness (QED) is 0.858. The highest BCUT2D eigenvalue weighted by molar-refractivity contribution is 8.00. The molecule has 0 spiro atoms. The molecule has 2 nitrogen and oxygen atoms in total. The molecule has 0 saturated heterocycles. The molecule has 1 aliphatic rings. The van der Waals surface area contributed by atoms with Crippen molar-refractivity contribution in [3.63, 3.8) is 0 Å². The monoisotopic (exact) mass is 313 g/mol. The van der Waals surface area contributed by atoms with E-state index in [1.54, 1.807) is 0 Å². The standard InChI is InChI=1S/C16H24ClNOS/c1-12(2)18-16(11-19)8-4-7-15(10-16)20-14-6-3-5-13(17)9-14/h3,5-6,9,12,15,18-19H,4,7-8,10-11H2,1-2H3. The fraction of sp³-hybridized carbons (Fsp3) is 0.625. The van der Waals surface area contributed by atoms with Crippen LogP contribution in [0, 0.1) is 0 Å². The molecule has 20 heavy (non-hydrogen) atoms. The molecule has 1 aromatic carbocycles. The van der Waals surface area contributed by atoms with Crippen LogP contribution in [0.5, 0.6) is 0 Å². The second kappa shape index (κ2) is 7.17. The minimum atomic E-state index is -0.108. The zero-order valence-corrected chi connectivity index (χ0v) is 13.8. The number of hydrogen-bond acceptors (Lipinski definition) is 3. The van der Waals surface area contributed by atoms with Crippen molar-refractivity contribution in [3.8, 4) is 0 Å². The van der Waals surface area contributed by atoms with E-state index in [2.05, 4.69) is 25.2 Å². The first kappa shape index (κ1) is 16.2. The zero-order chi connectivity index (χ0) is 14.6. The minimum Gasteiger partial charge on any atom is -0.394 e. The number of nitrogens with one attached hydrogen (secondary N) is 1. The van der Waals surface area contributed by atoms with Crippen LogP contribution in [0.15, 0.2) is 29.2 Å². The van der Waals surface area contributed by atoms with Crippen molar-refractivity contribution in [1.29, 1.82) is 0 Å². The number of aliphatic hydroxyl groups excluding tert-OH is 1. The van der Waals surface area contributed by atoms with Crippen LogP contribution in [0.25, 0.3) is 0 Å². The summed E-state index contributed by atoms with van der Waals surface area (Å²) < 4.78 is 0. The molecular weight excluding hydrogens is 290 g/mol. The lowest BCUT2D eigenvalue weighted by Crippen LogP contribution is -2.54. The predicted octanol–water partition coefficient (Wildman–Crippen LogP) is 4.10. The molecule has 0 heterocycles. The summed E-state index contributed by atoms with van der Waals surface area (Å²) in [5, 5.41) is 14.7. The number of aliphatic hydroxyl groups is 1. The van der Waals surface area contributed by atoms with Gasteiger partial charge in [-0.2, -0.15) is 0 Å². The Balaban J connectivity index is 2.02. The van der Waals surface area contributed by atoms with Gasteiger partial charge in [-0.1, -0.05) is 37.9 Å². The summed E-state index contributed by atoms with van der Waals surface area (Å²) in [4.78, 5) is 1.22. The number of rotatable bonds is 5. The molecule has 2 atom stereocenters. The molecule has 1 aromatic rings. The molecule has 112 valence electrons. The molecule has 0 radical (unpaired) electrons. The minimum absolute atomic E-state index is 0.108. The Hall–Kier alpha value is -0.220. The summed E-state index contributed by atoms with van der Waals surface area (Å²) in [5.41, 5.74) is -0.108. The third kappa shape index (κ3) is 4.39. The lowest BCUT2D eigenvalue weighted by Gasteiger charge is -2.41. The van der Waals surface area contributed by atoms with Gasteiger partial charge in [-0.05, 0) is 37.5 Å².